The average Bonchev–Trinajstić information content (AvgIpc) is 3.21. The van der Waals surface area contributed by atoms with Crippen LogP contribution < -0.4 is 24.4 Å². The lowest BCUT2D eigenvalue weighted by atomic mass is 9.93. The van der Waals surface area contributed by atoms with Crippen LogP contribution in [0.25, 0.3) is 6.08 Å². The molecule has 208 valence electrons. The molecule has 2 heterocycles. The molecule has 1 unspecified atom stereocenters. The fourth-order valence-electron chi connectivity index (χ4n) is 4.51. The van der Waals surface area contributed by atoms with Gasteiger partial charge in [0.05, 0.1) is 40.1 Å². The van der Waals surface area contributed by atoms with Crippen LogP contribution in [0.1, 0.15) is 63.3 Å². The number of thiazole rings is 1. The predicted octanol–water partition coefficient (Wildman–Crippen LogP) is 4.99. The molecule has 0 fully saturated rings. The number of esters is 1. The van der Waals surface area contributed by atoms with Crippen LogP contribution in [-0.2, 0) is 9.53 Å². The highest BCUT2D eigenvalue weighted by Gasteiger charge is 2.33. The van der Waals surface area contributed by atoms with Gasteiger partial charge >= 0.3 is 5.97 Å². The first-order chi connectivity index (χ1) is 19.2. The Morgan fingerprint density at radius 3 is 2.55 bits per heavy atom. The van der Waals surface area contributed by atoms with Gasteiger partial charge in [-0.1, -0.05) is 67.0 Å². The molecule has 0 aliphatic carbocycles. The van der Waals surface area contributed by atoms with Crippen molar-refractivity contribution in [2.45, 2.75) is 46.6 Å². The number of ether oxygens (including phenoxy) is 3. The second-order valence-corrected chi connectivity index (χ2v) is 10.8. The lowest BCUT2D eigenvalue weighted by molar-refractivity contribution is -0.139. The van der Waals surface area contributed by atoms with Crippen LogP contribution >= 0.6 is 22.9 Å². The second kappa shape index (κ2) is 12.6. The number of allylic oxidation sites excluding steroid dienone is 1. The van der Waals surface area contributed by atoms with E-state index in [0.717, 1.165) is 11.1 Å². The molecule has 0 spiro atoms. The Hall–Kier alpha value is -3.80. The van der Waals surface area contributed by atoms with Crippen LogP contribution in [0.2, 0.25) is 5.02 Å². The summed E-state index contributed by atoms with van der Waals surface area (Å²) < 4.78 is 18.7. The molecule has 0 N–H and O–H groups in total. The summed E-state index contributed by atoms with van der Waals surface area (Å²) in [6, 6.07) is 10.7. The first-order valence-electron chi connectivity index (χ1n) is 13.0. The van der Waals surface area contributed by atoms with Crippen molar-refractivity contribution < 1.29 is 19.0 Å². The Morgan fingerprint density at radius 2 is 1.93 bits per heavy atom. The van der Waals surface area contributed by atoms with Crippen LogP contribution in [-0.4, -0.2) is 30.4 Å². The Kier molecular flexibility index (Phi) is 9.18. The van der Waals surface area contributed by atoms with E-state index in [9.17, 15) is 9.59 Å². The first kappa shape index (κ1) is 29.2. The number of aromatic nitrogens is 1. The van der Waals surface area contributed by atoms with Crippen molar-refractivity contribution in [3.8, 4) is 23.8 Å². The van der Waals surface area contributed by atoms with E-state index in [2.05, 4.69) is 24.8 Å². The number of terminal acetylenes is 1. The van der Waals surface area contributed by atoms with E-state index in [-0.39, 0.29) is 18.8 Å². The van der Waals surface area contributed by atoms with Gasteiger partial charge in [0.25, 0.3) is 5.56 Å². The molecule has 1 atom stereocenters. The minimum atomic E-state index is -0.680. The molecule has 1 aliphatic rings. The molecule has 0 saturated carbocycles. The normalized spacial score (nSPS) is 14.9. The molecule has 1 aliphatic heterocycles. The highest BCUT2D eigenvalue weighted by atomic mass is 35.5. The zero-order valence-electron chi connectivity index (χ0n) is 23.1. The predicted molar refractivity (Wildman–Crippen MR) is 158 cm³/mol. The summed E-state index contributed by atoms with van der Waals surface area (Å²) in [4.78, 5) is 32.2. The van der Waals surface area contributed by atoms with Crippen molar-refractivity contribution in [3.63, 3.8) is 0 Å². The molecule has 0 radical (unpaired) electrons. The molecule has 9 heteroatoms. The Morgan fingerprint density at radius 1 is 1.20 bits per heavy atom. The van der Waals surface area contributed by atoms with Gasteiger partial charge in [-0.25, -0.2) is 9.79 Å². The number of halogens is 1. The van der Waals surface area contributed by atoms with Gasteiger partial charge in [-0.3, -0.25) is 9.36 Å². The second-order valence-electron chi connectivity index (χ2n) is 9.38. The lowest BCUT2D eigenvalue weighted by Crippen LogP contribution is -2.39. The Bertz CT molecular complexity index is 1680. The zero-order valence-corrected chi connectivity index (χ0v) is 24.7. The van der Waals surface area contributed by atoms with E-state index in [1.807, 2.05) is 31.2 Å². The molecule has 40 heavy (non-hydrogen) atoms. The number of carbonyl (C=O) groups excluding carboxylic acids is 1. The van der Waals surface area contributed by atoms with E-state index >= 15 is 0 Å². The monoisotopic (exact) mass is 578 g/mol. The molecule has 2 aromatic carbocycles. The molecule has 7 nitrogen and oxygen atoms in total. The maximum atomic E-state index is 13.9. The molecular formula is C31H31ClN2O5S. The minimum absolute atomic E-state index is 0.0397. The number of hydrogen-bond acceptors (Lipinski definition) is 7. The average molecular weight is 579 g/mol. The third kappa shape index (κ3) is 5.86. The van der Waals surface area contributed by atoms with Crippen molar-refractivity contribution in [2.75, 3.05) is 19.8 Å². The van der Waals surface area contributed by atoms with Gasteiger partial charge in [0, 0.05) is 0 Å². The number of hydrogen-bond donors (Lipinski definition) is 0. The van der Waals surface area contributed by atoms with Crippen molar-refractivity contribution >= 4 is 35.0 Å². The Balaban J connectivity index is 1.90. The maximum absolute atomic E-state index is 13.9. The van der Waals surface area contributed by atoms with E-state index in [0.29, 0.717) is 55.2 Å². The van der Waals surface area contributed by atoms with Crippen LogP contribution in [0.3, 0.4) is 0 Å². The third-order valence-corrected chi connectivity index (χ3v) is 7.63. The van der Waals surface area contributed by atoms with Gasteiger partial charge in [0.1, 0.15) is 6.61 Å². The van der Waals surface area contributed by atoms with Crippen LogP contribution in [0.15, 0.2) is 57.5 Å². The van der Waals surface area contributed by atoms with Crippen LogP contribution in [0.4, 0.5) is 0 Å². The summed E-state index contributed by atoms with van der Waals surface area (Å²) in [5.41, 5.74) is 3.18. The molecule has 4 rings (SSSR count). The molecule has 1 aromatic heterocycles. The largest absolute Gasteiger partial charge is 0.490 e. The van der Waals surface area contributed by atoms with Gasteiger partial charge < -0.3 is 14.2 Å². The number of rotatable bonds is 9. The lowest BCUT2D eigenvalue weighted by Gasteiger charge is -2.25. The number of fused-ring (bicyclic) bond motifs is 1. The number of carbonyl (C=O) groups is 1. The summed E-state index contributed by atoms with van der Waals surface area (Å²) in [6.45, 7) is 10.2. The maximum Gasteiger partial charge on any atom is 0.338 e. The highest BCUT2D eigenvalue weighted by Crippen LogP contribution is 2.37. The van der Waals surface area contributed by atoms with Gasteiger partial charge in [-0.05, 0) is 61.6 Å². The van der Waals surface area contributed by atoms with Gasteiger partial charge in [0.2, 0.25) is 0 Å². The number of benzene rings is 2. The fraction of sp³-hybridized carbons (Fsp3) is 0.323. The molecule has 0 bridgehead atoms. The standard InChI is InChI=1S/C31H31ClN2O5S/c1-7-14-39-28-23(32)15-20(16-24(28)37-8-2)17-25-29(35)34-27(22-12-10-21(11-13-22)18(4)5)26(30(36)38-9-3)19(6)33-31(34)40-25/h1,10-13,15-18,27H,8-9,14H2,2-6H3. The van der Waals surface area contributed by atoms with Crippen molar-refractivity contribution in [2.24, 2.45) is 4.99 Å². The molecule has 0 amide bonds. The molecule has 0 saturated heterocycles. The van der Waals surface area contributed by atoms with E-state index in [4.69, 9.17) is 32.2 Å². The van der Waals surface area contributed by atoms with Crippen molar-refractivity contribution in [1.82, 2.24) is 4.57 Å². The Labute approximate surface area is 242 Å². The number of nitrogens with zero attached hydrogens (tertiary/aromatic N) is 2. The van der Waals surface area contributed by atoms with Crippen molar-refractivity contribution in [1.29, 1.82) is 0 Å². The van der Waals surface area contributed by atoms with Crippen molar-refractivity contribution in [3.05, 3.63) is 89.1 Å². The topological polar surface area (TPSA) is 79.1 Å². The van der Waals surface area contributed by atoms with Gasteiger partial charge in [-0.2, -0.15) is 0 Å². The zero-order chi connectivity index (χ0) is 29.0. The minimum Gasteiger partial charge on any atom is -0.490 e. The fourth-order valence-corrected chi connectivity index (χ4v) is 5.83. The first-order valence-corrected chi connectivity index (χ1v) is 14.2. The highest BCUT2D eigenvalue weighted by molar-refractivity contribution is 7.07. The summed E-state index contributed by atoms with van der Waals surface area (Å²) in [5, 5.41) is 0.309. The van der Waals surface area contributed by atoms with E-state index in [1.165, 1.54) is 11.3 Å². The molecular weight excluding hydrogens is 548 g/mol. The summed E-state index contributed by atoms with van der Waals surface area (Å²) >= 11 is 7.74. The molecule has 3 aromatic rings. The van der Waals surface area contributed by atoms with Gasteiger partial charge in [-0.15, -0.1) is 6.42 Å². The smallest absolute Gasteiger partial charge is 0.338 e. The quantitative estimate of drug-likeness (QED) is 0.264. The summed E-state index contributed by atoms with van der Waals surface area (Å²) in [6.07, 6.45) is 7.06. The van der Waals surface area contributed by atoms with Gasteiger partial charge in [0.15, 0.2) is 16.3 Å². The summed E-state index contributed by atoms with van der Waals surface area (Å²) in [5.74, 6) is 3.04. The third-order valence-electron chi connectivity index (χ3n) is 6.37. The van der Waals surface area contributed by atoms with E-state index in [1.54, 1.807) is 36.6 Å². The SMILES string of the molecule is C#CCOc1c(Cl)cc(C=c2sc3n(c2=O)C(c2ccc(C(C)C)cc2)C(C(=O)OCC)=C(C)N=3)cc1OCC. The van der Waals surface area contributed by atoms with E-state index < -0.39 is 12.0 Å². The summed E-state index contributed by atoms with van der Waals surface area (Å²) in [7, 11) is 0. The van der Waals surface area contributed by atoms with Crippen LogP contribution in [0, 0.1) is 12.3 Å². The van der Waals surface area contributed by atoms with Crippen LogP contribution in [0.5, 0.6) is 11.5 Å².